The first kappa shape index (κ1) is 16.4. The van der Waals surface area contributed by atoms with Crippen LogP contribution in [0.5, 0.6) is 5.75 Å². The molecule has 0 radical (unpaired) electrons. The van der Waals surface area contributed by atoms with Crippen molar-refractivity contribution in [1.82, 2.24) is 0 Å². The summed E-state index contributed by atoms with van der Waals surface area (Å²) >= 11 is 0. The molecule has 2 aliphatic heterocycles. The zero-order chi connectivity index (χ0) is 19.1. The summed E-state index contributed by atoms with van der Waals surface area (Å²) in [5.74, 6) is 0.608. The van der Waals surface area contributed by atoms with Gasteiger partial charge in [-0.15, -0.1) is 0 Å². The van der Waals surface area contributed by atoms with Crippen molar-refractivity contribution in [3.05, 3.63) is 89.5 Å². The van der Waals surface area contributed by atoms with Gasteiger partial charge in [0.05, 0.1) is 23.9 Å². The highest BCUT2D eigenvalue weighted by atomic mass is 16.5. The second-order valence-electron chi connectivity index (χ2n) is 6.90. The monoisotopic (exact) mass is 367 g/mol. The van der Waals surface area contributed by atoms with Gasteiger partial charge in [0, 0.05) is 16.8 Å². The van der Waals surface area contributed by atoms with E-state index in [0.29, 0.717) is 23.4 Å². The predicted octanol–water partition coefficient (Wildman–Crippen LogP) is 4.13. The largest absolute Gasteiger partial charge is 0.484 e. The number of nitrogens with zero attached hydrogens (tertiary/aromatic N) is 2. The second-order valence-corrected chi connectivity index (χ2v) is 6.90. The number of nitrogens with one attached hydrogen (secondary N) is 1. The molecule has 0 aromatic heterocycles. The van der Waals surface area contributed by atoms with Crippen molar-refractivity contribution in [2.75, 3.05) is 16.8 Å². The number of benzene rings is 3. The van der Waals surface area contributed by atoms with Gasteiger partial charge in [0.15, 0.2) is 0 Å². The van der Waals surface area contributed by atoms with E-state index in [1.54, 1.807) is 6.07 Å². The van der Waals surface area contributed by atoms with Crippen LogP contribution in [0.1, 0.15) is 27.5 Å². The Morgan fingerprint density at radius 1 is 1.07 bits per heavy atom. The van der Waals surface area contributed by atoms with E-state index in [-0.39, 0.29) is 18.1 Å². The van der Waals surface area contributed by atoms with E-state index in [4.69, 9.17) is 4.74 Å². The maximum absolute atomic E-state index is 13.6. The number of carbonyl (C=O) groups is 1. The predicted molar refractivity (Wildman–Crippen MR) is 106 cm³/mol. The molecule has 136 valence electrons. The number of amides is 1. The van der Waals surface area contributed by atoms with Gasteiger partial charge >= 0.3 is 0 Å². The first-order chi connectivity index (χ1) is 13.8. The lowest BCUT2D eigenvalue weighted by molar-refractivity contribution is 0.0910. The summed E-state index contributed by atoms with van der Waals surface area (Å²) in [6.45, 7) is 0.580. The molecule has 0 aliphatic carbocycles. The Balaban J connectivity index is 1.71. The lowest BCUT2D eigenvalue weighted by Crippen LogP contribution is -2.51. The number of rotatable bonds is 1. The van der Waals surface area contributed by atoms with E-state index in [1.807, 2.05) is 71.6 Å². The van der Waals surface area contributed by atoms with Crippen molar-refractivity contribution < 1.29 is 9.53 Å². The van der Waals surface area contributed by atoms with Crippen molar-refractivity contribution in [1.29, 1.82) is 5.26 Å². The van der Waals surface area contributed by atoms with Crippen molar-refractivity contribution in [3.63, 3.8) is 0 Å². The van der Waals surface area contributed by atoms with Gasteiger partial charge in [0.25, 0.3) is 5.91 Å². The van der Waals surface area contributed by atoms with Crippen LogP contribution in [0.15, 0.2) is 72.8 Å². The summed E-state index contributed by atoms with van der Waals surface area (Å²) in [5, 5.41) is 12.7. The summed E-state index contributed by atoms with van der Waals surface area (Å²) in [6.07, 6.45) is -0.246. The highest BCUT2D eigenvalue weighted by Crippen LogP contribution is 2.46. The molecule has 0 spiro atoms. The van der Waals surface area contributed by atoms with Crippen LogP contribution < -0.4 is 15.0 Å². The van der Waals surface area contributed by atoms with E-state index in [0.717, 1.165) is 16.9 Å². The fourth-order valence-corrected chi connectivity index (χ4v) is 4.00. The van der Waals surface area contributed by atoms with Crippen LogP contribution in [0.3, 0.4) is 0 Å². The SMILES string of the molecule is N#Cc1ccc2c(c1)[C@@H]1[C@H](CN2)Oc2ccccc2N1C(=O)c1ccccc1. The van der Waals surface area contributed by atoms with Crippen molar-refractivity contribution >= 4 is 17.3 Å². The van der Waals surface area contributed by atoms with Gasteiger partial charge in [-0.05, 0) is 42.5 Å². The third kappa shape index (κ3) is 2.50. The highest BCUT2D eigenvalue weighted by molar-refractivity contribution is 6.08. The fraction of sp³-hybridized carbons (Fsp3) is 0.130. The highest BCUT2D eigenvalue weighted by Gasteiger charge is 2.43. The van der Waals surface area contributed by atoms with Crippen molar-refractivity contribution in [2.45, 2.75) is 12.1 Å². The van der Waals surface area contributed by atoms with Crippen LogP contribution in [-0.4, -0.2) is 18.6 Å². The molecule has 5 heteroatoms. The summed E-state index contributed by atoms with van der Waals surface area (Å²) in [4.78, 5) is 15.4. The number of anilines is 2. The molecule has 0 fully saturated rings. The van der Waals surface area contributed by atoms with Gasteiger partial charge in [-0.1, -0.05) is 30.3 Å². The first-order valence-corrected chi connectivity index (χ1v) is 9.18. The van der Waals surface area contributed by atoms with Gasteiger partial charge in [-0.2, -0.15) is 5.26 Å². The number of hydrogen-bond acceptors (Lipinski definition) is 4. The molecule has 2 aliphatic rings. The molecular formula is C23H17N3O2. The molecular weight excluding hydrogens is 350 g/mol. The van der Waals surface area contributed by atoms with Crippen LogP contribution >= 0.6 is 0 Å². The quantitative estimate of drug-likeness (QED) is 0.702. The average Bonchev–Trinajstić information content (AvgIpc) is 2.77. The molecule has 2 heterocycles. The summed E-state index contributed by atoms with van der Waals surface area (Å²) in [7, 11) is 0. The average molecular weight is 367 g/mol. The Bertz CT molecular complexity index is 1100. The van der Waals surface area contributed by atoms with Gasteiger partial charge in [0.2, 0.25) is 0 Å². The molecule has 0 unspecified atom stereocenters. The molecule has 0 saturated heterocycles. The molecule has 3 aromatic rings. The Morgan fingerprint density at radius 2 is 1.86 bits per heavy atom. The van der Waals surface area contributed by atoms with E-state index in [1.165, 1.54) is 0 Å². The number of carbonyl (C=O) groups excluding carboxylic acids is 1. The molecule has 2 atom stereocenters. The fourth-order valence-electron chi connectivity index (χ4n) is 4.00. The minimum atomic E-state index is -0.313. The molecule has 5 nitrogen and oxygen atoms in total. The number of fused-ring (bicyclic) bond motifs is 4. The van der Waals surface area contributed by atoms with Crippen LogP contribution in [-0.2, 0) is 0 Å². The maximum Gasteiger partial charge on any atom is 0.259 e. The first-order valence-electron chi connectivity index (χ1n) is 9.18. The van der Waals surface area contributed by atoms with Gasteiger partial charge < -0.3 is 10.1 Å². The zero-order valence-corrected chi connectivity index (χ0v) is 15.0. The number of ether oxygens (including phenoxy) is 1. The van der Waals surface area contributed by atoms with Gasteiger partial charge in [-0.25, -0.2) is 0 Å². The van der Waals surface area contributed by atoms with Crippen molar-refractivity contribution in [3.8, 4) is 11.8 Å². The standard InChI is InChI=1S/C23H17N3O2/c24-13-15-10-11-18-17(12-15)22-21(14-25-18)28-20-9-5-4-8-19(20)26(22)23(27)16-6-2-1-3-7-16/h1-12,21-22,25H,14H2/t21-,22+/m0/s1. The summed E-state index contributed by atoms with van der Waals surface area (Å²) in [5.41, 5.74) is 3.75. The summed E-state index contributed by atoms with van der Waals surface area (Å²) < 4.78 is 6.24. The molecule has 5 rings (SSSR count). The molecule has 1 N–H and O–H groups in total. The summed E-state index contributed by atoms with van der Waals surface area (Å²) in [6, 6.07) is 24.3. The third-order valence-corrected chi connectivity index (χ3v) is 5.27. The topological polar surface area (TPSA) is 65.4 Å². The zero-order valence-electron chi connectivity index (χ0n) is 15.0. The number of para-hydroxylation sites is 2. The molecule has 3 aromatic carbocycles. The van der Waals surface area contributed by atoms with Crippen LogP contribution in [0.4, 0.5) is 11.4 Å². The van der Waals surface area contributed by atoms with Crippen LogP contribution in [0.2, 0.25) is 0 Å². The molecule has 1 amide bonds. The van der Waals surface area contributed by atoms with E-state index in [9.17, 15) is 10.1 Å². The van der Waals surface area contributed by atoms with Gasteiger partial charge in [-0.3, -0.25) is 9.69 Å². The van der Waals surface area contributed by atoms with Gasteiger partial charge in [0.1, 0.15) is 17.9 Å². The Kier molecular flexibility index (Phi) is 3.77. The second kappa shape index (κ2) is 6.43. The Hall–Kier alpha value is -3.78. The third-order valence-electron chi connectivity index (χ3n) is 5.27. The van der Waals surface area contributed by atoms with Crippen LogP contribution in [0.25, 0.3) is 0 Å². The lowest BCUT2D eigenvalue weighted by Gasteiger charge is -2.45. The minimum absolute atomic E-state index is 0.0819. The molecule has 28 heavy (non-hydrogen) atoms. The smallest absolute Gasteiger partial charge is 0.259 e. The Labute approximate surface area is 162 Å². The van der Waals surface area contributed by atoms with E-state index >= 15 is 0 Å². The van der Waals surface area contributed by atoms with Crippen molar-refractivity contribution in [2.24, 2.45) is 0 Å². The number of hydrogen-bond donors (Lipinski definition) is 1. The number of nitriles is 1. The molecule has 0 saturated carbocycles. The minimum Gasteiger partial charge on any atom is -0.484 e. The lowest BCUT2D eigenvalue weighted by atomic mass is 9.90. The molecule has 0 bridgehead atoms. The Morgan fingerprint density at radius 3 is 2.68 bits per heavy atom. The van der Waals surface area contributed by atoms with E-state index < -0.39 is 0 Å². The van der Waals surface area contributed by atoms with E-state index in [2.05, 4.69) is 11.4 Å². The normalized spacial score (nSPS) is 19.2. The maximum atomic E-state index is 13.6. The van der Waals surface area contributed by atoms with Crippen LogP contribution in [0, 0.1) is 11.3 Å².